The topological polar surface area (TPSA) is 32.3 Å². The summed E-state index contributed by atoms with van der Waals surface area (Å²) in [7, 11) is 0. The number of aryl methyl sites for hydroxylation is 1. The van der Waals surface area contributed by atoms with E-state index in [2.05, 4.69) is 43.4 Å². The number of benzene rings is 1. The van der Waals surface area contributed by atoms with E-state index in [0.717, 1.165) is 6.42 Å². The van der Waals surface area contributed by atoms with Gasteiger partial charge in [-0.3, -0.25) is 0 Å². The summed E-state index contributed by atoms with van der Waals surface area (Å²) >= 11 is 0. The second-order valence-electron chi connectivity index (χ2n) is 5.23. The van der Waals surface area contributed by atoms with Crippen LogP contribution in [0.25, 0.3) is 0 Å². The molecule has 1 aliphatic carbocycles. The van der Waals surface area contributed by atoms with Crippen molar-refractivity contribution in [1.82, 2.24) is 5.32 Å². The molecule has 0 aliphatic heterocycles. The van der Waals surface area contributed by atoms with Gasteiger partial charge in [0.05, 0.1) is 6.61 Å². The van der Waals surface area contributed by atoms with Crippen LogP contribution in [0.3, 0.4) is 0 Å². The van der Waals surface area contributed by atoms with Crippen LogP contribution in [0.2, 0.25) is 0 Å². The molecule has 0 bridgehead atoms. The van der Waals surface area contributed by atoms with Crippen molar-refractivity contribution in [2.24, 2.45) is 0 Å². The molecule has 1 aromatic rings. The Kier molecular flexibility index (Phi) is 4.19. The minimum absolute atomic E-state index is 0.252. The van der Waals surface area contributed by atoms with Crippen molar-refractivity contribution in [2.45, 2.75) is 51.1 Å². The third-order valence-electron chi connectivity index (χ3n) is 3.84. The third-order valence-corrected chi connectivity index (χ3v) is 3.84. The monoisotopic (exact) mass is 233 g/mol. The third kappa shape index (κ3) is 3.08. The molecule has 1 aliphatic rings. The standard InChI is InChI=1S/C15H23NO/c1-3-14(10-17)16-15-8-13(9-15)12-6-4-5-11(2)7-12/h4-7,13-17H,3,8-10H2,1-2H3. The van der Waals surface area contributed by atoms with Crippen LogP contribution in [-0.2, 0) is 0 Å². The molecule has 2 nitrogen and oxygen atoms in total. The predicted octanol–water partition coefficient (Wildman–Crippen LogP) is 2.60. The number of aliphatic hydroxyl groups excluding tert-OH is 1. The second kappa shape index (κ2) is 5.65. The minimum Gasteiger partial charge on any atom is -0.395 e. The molecule has 1 fully saturated rings. The Morgan fingerprint density at radius 3 is 2.76 bits per heavy atom. The second-order valence-corrected chi connectivity index (χ2v) is 5.23. The van der Waals surface area contributed by atoms with Crippen molar-refractivity contribution in [3.8, 4) is 0 Å². The summed E-state index contributed by atoms with van der Waals surface area (Å²) in [6.45, 7) is 4.52. The van der Waals surface area contributed by atoms with E-state index >= 15 is 0 Å². The quantitative estimate of drug-likeness (QED) is 0.819. The fourth-order valence-electron chi connectivity index (χ4n) is 2.58. The smallest absolute Gasteiger partial charge is 0.0584 e. The molecule has 0 amide bonds. The summed E-state index contributed by atoms with van der Waals surface area (Å²) < 4.78 is 0. The van der Waals surface area contributed by atoms with E-state index in [1.165, 1.54) is 24.0 Å². The maximum absolute atomic E-state index is 9.15. The zero-order valence-corrected chi connectivity index (χ0v) is 10.8. The van der Waals surface area contributed by atoms with Crippen LogP contribution >= 0.6 is 0 Å². The van der Waals surface area contributed by atoms with Gasteiger partial charge < -0.3 is 10.4 Å². The molecule has 17 heavy (non-hydrogen) atoms. The molecule has 0 heterocycles. The van der Waals surface area contributed by atoms with E-state index in [4.69, 9.17) is 5.11 Å². The molecule has 0 spiro atoms. The lowest BCUT2D eigenvalue weighted by Gasteiger charge is -2.38. The van der Waals surface area contributed by atoms with E-state index in [1.807, 2.05) is 0 Å². The number of nitrogens with one attached hydrogen (secondary N) is 1. The molecule has 1 unspecified atom stereocenters. The Bertz CT molecular complexity index is 354. The highest BCUT2D eigenvalue weighted by Crippen LogP contribution is 2.37. The molecule has 2 rings (SSSR count). The maximum Gasteiger partial charge on any atom is 0.0584 e. The van der Waals surface area contributed by atoms with Gasteiger partial charge in [-0.1, -0.05) is 36.8 Å². The fraction of sp³-hybridized carbons (Fsp3) is 0.600. The van der Waals surface area contributed by atoms with Crippen molar-refractivity contribution in [1.29, 1.82) is 0 Å². The van der Waals surface area contributed by atoms with Crippen LogP contribution in [0.1, 0.15) is 43.2 Å². The van der Waals surface area contributed by atoms with Crippen LogP contribution in [0.4, 0.5) is 0 Å². The Morgan fingerprint density at radius 2 is 2.18 bits per heavy atom. The normalized spacial score (nSPS) is 25.4. The van der Waals surface area contributed by atoms with Gasteiger partial charge in [0.15, 0.2) is 0 Å². The molecule has 1 saturated carbocycles. The first-order valence-electron chi connectivity index (χ1n) is 6.66. The van der Waals surface area contributed by atoms with Gasteiger partial charge >= 0.3 is 0 Å². The van der Waals surface area contributed by atoms with Gasteiger partial charge in [0.25, 0.3) is 0 Å². The van der Waals surface area contributed by atoms with Gasteiger partial charge in [-0.2, -0.15) is 0 Å². The first-order valence-corrected chi connectivity index (χ1v) is 6.66. The van der Waals surface area contributed by atoms with Gasteiger partial charge in [-0.25, -0.2) is 0 Å². The summed E-state index contributed by atoms with van der Waals surface area (Å²) in [6, 6.07) is 9.70. The van der Waals surface area contributed by atoms with E-state index in [0.29, 0.717) is 12.0 Å². The molecule has 0 radical (unpaired) electrons. The highest BCUT2D eigenvalue weighted by atomic mass is 16.3. The van der Waals surface area contributed by atoms with Crippen molar-refractivity contribution < 1.29 is 5.11 Å². The Morgan fingerprint density at radius 1 is 1.41 bits per heavy atom. The van der Waals surface area contributed by atoms with Crippen LogP contribution < -0.4 is 5.32 Å². The summed E-state index contributed by atoms with van der Waals surface area (Å²) in [5.74, 6) is 0.712. The van der Waals surface area contributed by atoms with E-state index in [1.54, 1.807) is 0 Å². The Balaban J connectivity index is 1.82. The first kappa shape index (κ1) is 12.6. The highest BCUT2D eigenvalue weighted by molar-refractivity contribution is 5.27. The minimum atomic E-state index is 0.252. The summed E-state index contributed by atoms with van der Waals surface area (Å²) in [5, 5.41) is 12.7. The van der Waals surface area contributed by atoms with Gasteiger partial charge in [0.1, 0.15) is 0 Å². The average Bonchev–Trinajstić information content (AvgIpc) is 2.28. The van der Waals surface area contributed by atoms with E-state index in [9.17, 15) is 0 Å². The van der Waals surface area contributed by atoms with Gasteiger partial charge in [0.2, 0.25) is 0 Å². The molecule has 2 heteroatoms. The Hall–Kier alpha value is -0.860. The average molecular weight is 233 g/mol. The van der Waals surface area contributed by atoms with Crippen LogP contribution in [0, 0.1) is 6.92 Å². The zero-order chi connectivity index (χ0) is 12.3. The SMILES string of the molecule is CCC(CO)NC1CC(c2cccc(C)c2)C1. The van der Waals surface area contributed by atoms with Gasteiger partial charge in [-0.05, 0) is 37.7 Å². The summed E-state index contributed by atoms with van der Waals surface area (Å²) in [6.07, 6.45) is 3.42. The number of rotatable bonds is 5. The number of hydrogen-bond acceptors (Lipinski definition) is 2. The molecule has 0 aromatic heterocycles. The van der Waals surface area contributed by atoms with Gasteiger partial charge in [-0.15, -0.1) is 0 Å². The molecule has 2 N–H and O–H groups in total. The lowest BCUT2D eigenvalue weighted by atomic mass is 9.75. The van der Waals surface area contributed by atoms with Gasteiger partial charge in [0, 0.05) is 12.1 Å². The largest absolute Gasteiger partial charge is 0.395 e. The zero-order valence-electron chi connectivity index (χ0n) is 10.8. The lowest BCUT2D eigenvalue weighted by Crippen LogP contribution is -2.46. The molecule has 94 valence electrons. The highest BCUT2D eigenvalue weighted by Gasteiger charge is 2.31. The maximum atomic E-state index is 9.15. The summed E-state index contributed by atoms with van der Waals surface area (Å²) in [5.41, 5.74) is 2.82. The number of aliphatic hydroxyl groups is 1. The van der Waals surface area contributed by atoms with Crippen LogP contribution in [0.5, 0.6) is 0 Å². The molecular weight excluding hydrogens is 210 g/mol. The predicted molar refractivity (Wildman–Crippen MR) is 71.2 cm³/mol. The van der Waals surface area contributed by atoms with Crippen molar-refractivity contribution in [2.75, 3.05) is 6.61 Å². The van der Waals surface area contributed by atoms with Crippen LogP contribution in [0.15, 0.2) is 24.3 Å². The molecule has 1 aromatic carbocycles. The molecule has 0 saturated heterocycles. The number of hydrogen-bond donors (Lipinski definition) is 2. The Labute approximate surface area is 104 Å². The molecular formula is C15H23NO. The van der Waals surface area contributed by atoms with Crippen molar-refractivity contribution in [3.05, 3.63) is 35.4 Å². The summed E-state index contributed by atoms with van der Waals surface area (Å²) in [4.78, 5) is 0. The van der Waals surface area contributed by atoms with Crippen LogP contribution in [-0.4, -0.2) is 23.8 Å². The van der Waals surface area contributed by atoms with Crippen molar-refractivity contribution >= 4 is 0 Å². The lowest BCUT2D eigenvalue weighted by molar-refractivity contribution is 0.193. The van der Waals surface area contributed by atoms with Crippen molar-refractivity contribution in [3.63, 3.8) is 0 Å². The fourth-order valence-corrected chi connectivity index (χ4v) is 2.58. The van der Waals surface area contributed by atoms with E-state index in [-0.39, 0.29) is 12.6 Å². The first-order chi connectivity index (χ1) is 8.22. The van der Waals surface area contributed by atoms with E-state index < -0.39 is 0 Å². The molecule has 1 atom stereocenters.